The second-order valence-corrected chi connectivity index (χ2v) is 6.62. The van der Waals surface area contributed by atoms with E-state index < -0.39 is 11.6 Å². The van der Waals surface area contributed by atoms with E-state index in [1.807, 2.05) is 30.7 Å². The van der Waals surface area contributed by atoms with E-state index in [-0.39, 0.29) is 11.6 Å². The van der Waals surface area contributed by atoms with E-state index in [1.165, 1.54) is 12.1 Å². The van der Waals surface area contributed by atoms with Crippen molar-refractivity contribution < 1.29 is 13.6 Å². The maximum atomic E-state index is 14.3. The maximum absolute atomic E-state index is 14.3. The minimum atomic E-state index is -0.670. The largest absolute Gasteiger partial charge is 0.316 e. The van der Waals surface area contributed by atoms with Crippen LogP contribution in [0.2, 0.25) is 0 Å². The summed E-state index contributed by atoms with van der Waals surface area (Å²) in [5.41, 5.74) is 3.65. The topological polar surface area (TPSA) is 46.9 Å². The molecule has 3 aromatic rings. The van der Waals surface area contributed by atoms with Gasteiger partial charge in [-0.15, -0.1) is 0 Å². The van der Waals surface area contributed by atoms with Crippen LogP contribution in [0.3, 0.4) is 0 Å². The molecule has 2 aromatic carbocycles. The molecule has 0 atom stereocenters. The quantitative estimate of drug-likeness (QED) is 0.646. The minimum absolute atomic E-state index is 0.114. The van der Waals surface area contributed by atoms with Gasteiger partial charge >= 0.3 is 0 Å². The fraction of sp³-hybridized carbons (Fsp3) is 0.238. The zero-order chi connectivity index (χ0) is 19.6. The first kappa shape index (κ1) is 18.9. The molecular formula is C21H21F2N3O. The Labute approximate surface area is 156 Å². The summed E-state index contributed by atoms with van der Waals surface area (Å²) in [5.74, 6) is -1.31. The van der Waals surface area contributed by atoms with Crippen LogP contribution < -0.4 is 5.32 Å². The molecule has 0 amide bonds. The summed E-state index contributed by atoms with van der Waals surface area (Å²) in [6.07, 6.45) is 2.46. The summed E-state index contributed by atoms with van der Waals surface area (Å²) in [6.45, 7) is 4.50. The van der Waals surface area contributed by atoms with Gasteiger partial charge in [0.2, 0.25) is 0 Å². The van der Waals surface area contributed by atoms with Crippen molar-refractivity contribution in [1.82, 2.24) is 15.1 Å². The van der Waals surface area contributed by atoms with Crippen molar-refractivity contribution in [1.29, 1.82) is 0 Å². The fourth-order valence-electron chi connectivity index (χ4n) is 3.22. The fourth-order valence-corrected chi connectivity index (χ4v) is 3.22. The number of carbonyl (C=O) groups is 1. The molecule has 0 saturated carbocycles. The SMILES string of the molecule is CNCc1c(C=O)cc(-c2ccc(F)cc2F)cc1-c1ccnn1C(C)C. The van der Waals surface area contributed by atoms with Crippen molar-refractivity contribution in [3.05, 3.63) is 65.4 Å². The maximum Gasteiger partial charge on any atom is 0.150 e. The number of benzene rings is 2. The Morgan fingerprint density at radius 3 is 2.56 bits per heavy atom. The standard InChI is InChI=1S/C21H21F2N3O/c1-13(2)26-21(6-7-25-26)18-9-14(8-15(12-27)19(18)11-24-3)17-5-4-16(22)10-20(17)23/h4-10,12-13,24H,11H2,1-3H3. The van der Waals surface area contributed by atoms with E-state index in [0.717, 1.165) is 29.2 Å². The van der Waals surface area contributed by atoms with Gasteiger partial charge in [0.15, 0.2) is 0 Å². The van der Waals surface area contributed by atoms with Crippen molar-refractivity contribution in [3.8, 4) is 22.4 Å². The zero-order valence-electron chi connectivity index (χ0n) is 15.5. The molecule has 0 bridgehead atoms. The summed E-state index contributed by atoms with van der Waals surface area (Å²) >= 11 is 0. The second-order valence-electron chi connectivity index (χ2n) is 6.62. The highest BCUT2D eigenvalue weighted by Gasteiger charge is 2.18. The molecular weight excluding hydrogens is 348 g/mol. The number of carbonyl (C=O) groups excluding carboxylic acids is 1. The molecule has 0 fully saturated rings. The number of hydrogen-bond acceptors (Lipinski definition) is 3. The van der Waals surface area contributed by atoms with Gasteiger partial charge in [-0.3, -0.25) is 9.48 Å². The Morgan fingerprint density at radius 1 is 1.15 bits per heavy atom. The summed E-state index contributed by atoms with van der Waals surface area (Å²) in [6, 6.07) is 8.88. The number of aldehydes is 1. The molecule has 140 valence electrons. The van der Waals surface area contributed by atoms with Crippen LogP contribution in [-0.4, -0.2) is 23.1 Å². The Kier molecular flexibility index (Phi) is 5.46. The molecule has 0 unspecified atom stereocenters. The van der Waals surface area contributed by atoms with E-state index in [1.54, 1.807) is 19.3 Å². The lowest BCUT2D eigenvalue weighted by molar-refractivity contribution is 0.112. The van der Waals surface area contributed by atoms with Crippen LogP contribution in [0, 0.1) is 11.6 Å². The van der Waals surface area contributed by atoms with E-state index in [4.69, 9.17) is 0 Å². The van der Waals surface area contributed by atoms with Gasteiger partial charge in [0.1, 0.15) is 17.9 Å². The molecule has 0 saturated heterocycles. The summed E-state index contributed by atoms with van der Waals surface area (Å²) in [5, 5.41) is 7.44. The predicted octanol–water partition coefficient (Wildman–Crippen LogP) is 4.61. The first-order chi connectivity index (χ1) is 13.0. The van der Waals surface area contributed by atoms with Gasteiger partial charge in [-0.25, -0.2) is 8.78 Å². The van der Waals surface area contributed by atoms with Crippen molar-refractivity contribution in [3.63, 3.8) is 0 Å². The van der Waals surface area contributed by atoms with E-state index >= 15 is 0 Å². The average molecular weight is 369 g/mol. The van der Waals surface area contributed by atoms with Gasteiger partial charge in [-0.2, -0.15) is 5.10 Å². The lowest BCUT2D eigenvalue weighted by Gasteiger charge is -2.18. The van der Waals surface area contributed by atoms with Crippen molar-refractivity contribution in [2.75, 3.05) is 7.05 Å². The summed E-state index contributed by atoms with van der Waals surface area (Å²) in [7, 11) is 1.80. The highest BCUT2D eigenvalue weighted by molar-refractivity contribution is 5.87. The van der Waals surface area contributed by atoms with Gasteiger partial charge in [0.25, 0.3) is 0 Å². The number of nitrogens with zero attached hydrogens (tertiary/aromatic N) is 2. The molecule has 27 heavy (non-hydrogen) atoms. The molecule has 0 aliphatic heterocycles. The first-order valence-electron chi connectivity index (χ1n) is 8.72. The lowest BCUT2D eigenvalue weighted by atomic mass is 9.92. The van der Waals surface area contributed by atoms with Crippen LogP contribution in [0.1, 0.15) is 35.8 Å². The Morgan fingerprint density at radius 2 is 1.93 bits per heavy atom. The molecule has 0 aliphatic carbocycles. The third-order valence-corrected chi connectivity index (χ3v) is 4.44. The molecule has 1 N–H and O–H groups in total. The molecule has 0 spiro atoms. The van der Waals surface area contributed by atoms with Crippen LogP contribution in [0.25, 0.3) is 22.4 Å². The third kappa shape index (κ3) is 3.66. The molecule has 0 aliphatic rings. The van der Waals surface area contributed by atoms with Gasteiger partial charge in [0, 0.05) is 41.5 Å². The molecule has 0 radical (unpaired) electrons. The normalized spacial score (nSPS) is 11.2. The number of aromatic nitrogens is 2. The van der Waals surface area contributed by atoms with Crippen LogP contribution in [-0.2, 0) is 6.54 Å². The number of nitrogens with one attached hydrogen (secondary N) is 1. The average Bonchev–Trinajstić information content (AvgIpc) is 3.12. The number of hydrogen-bond donors (Lipinski definition) is 1. The van der Waals surface area contributed by atoms with E-state index in [9.17, 15) is 13.6 Å². The Hall–Kier alpha value is -2.86. The van der Waals surface area contributed by atoms with Crippen molar-refractivity contribution in [2.45, 2.75) is 26.4 Å². The highest BCUT2D eigenvalue weighted by Crippen LogP contribution is 2.34. The number of halogens is 2. The van der Waals surface area contributed by atoms with Crippen LogP contribution in [0.15, 0.2) is 42.6 Å². The van der Waals surface area contributed by atoms with Gasteiger partial charge in [-0.05, 0) is 62.4 Å². The first-order valence-corrected chi connectivity index (χ1v) is 8.72. The minimum Gasteiger partial charge on any atom is -0.316 e. The molecule has 3 rings (SSSR count). The monoisotopic (exact) mass is 369 g/mol. The van der Waals surface area contributed by atoms with E-state index in [2.05, 4.69) is 10.4 Å². The molecule has 1 aromatic heterocycles. The van der Waals surface area contributed by atoms with Crippen molar-refractivity contribution >= 4 is 6.29 Å². The molecule has 1 heterocycles. The lowest BCUT2D eigenvalue weighted by Crippen LogP contribution is -2.12. The van der Waals surface area contributed by atoms with Crippen LogP contribution in [0.5, 0.6) is 0 Å². The predicted molar refractivity (Wildman–Crippen MR) is 102 cm³/mol. The zero-order valence-corrected chi connectivity index (χ0v) is 15.5. The van der Waals surface area contributed by atoms with Gasteiger partial charge < -0.3 is 5.32 Å². The summed E-state index contributed by atoms with van der Waals surface area (Å²) in [4.78, 5) is 11.8. The van der Waals surface area contributed by atoms with Gasteiger partial charge in [0.05, 0.1) is 5.69 Å². The molecule has 6 heteroatoms. The van der Waals surface area contributed by atoms with Gasteiger partial charge in [-0.1, -0.05) is 0 Å². The van der Waals surface area contributed by atoms with Crippen molar-refractivity contribution in [2.24, 2.45) is 0 Å². The molecule has 4 nitrogen and oxygen atoms in total. The Balaban J connectivity index is 2.29. The van der Waals surface area contributed by atoms with Crippen LogP contribution >= 0.6 is 0 Å². The second kappa shape index (κ2) is 7.80. The van der Waals surface area contributed by atoms with Crippen LogP contribution in [0.4, 0.5) is 8.78 Å². The smallest absolute Gasteiger partial charge is 0.150 e. The Bertz CT molecular complexity index is 980. The number of rotatable bonds is 6. The third-order valence-electron chi connectivity index (χ3n) is 4.44. The summed E-state index contributed by atoms with van der Waals surface area (Å²) < 4.78 is 29.5. The van der Waals surface area contributed by atoms with E-state index in [0.29, 0.717) is 17.7 Å². The highest BCUT2D eigenvalue weighted by atomic mass is 19.1.